The van der Waals surface area contributed by atoms with Crippen molar-refractivity contribution in [1.82, 2.24) is 4.57 Å². The van der Waals surface area contributed by atoms with Gasteiger partial charge in [-0.25, -0.2) is 4.79 Å². The van der Waals surface area contributed by atoms with Crippen LogP contribution in [0.4, 0.5) is 0 Å². The van der Waals surface area contributed by atoms with E-state index in [0.717, 1.165) is 26.6 Å². The minimum atomic E-state index is -0.364. The van der Waals surface area contributed by atoms with Gasteiger partial charge in [-0.15, -0.1) is 0 Å². The number of hydrogen-bond donors (Lipinski definition) is 0. The number of fused-ring (bicyclic) bond motifs is 2. The predicted molar refractivity (Wildman–Crippen MR) is 126 cm³/mol. The fraction of sp³-hybridized carbons (Fsp3) is 0.240. The third-order valence-electron chi connectivity index (χ3n) is 5.15. The van der Waals surface area contributed by atoms with E-state index in [-0.39, 0.29) is 18.3 Å². The first-order valence-electron chi connectivity index (χ1n) is 10.4. The van der Waals surface area contributed by atoms with E-state index in [2.05, 4.69) is 4.99 Å². The Balaban J connectivity index is 1.72. The maximum absolute atomic E-state index is 12.9. The lowest BCUT2D eigenvalue weighted by Gasteiger charge is -2.06. The van der Waals surface area contributed by atoms with Crippen LogP contribution in [0.1, 0.15) is 22.8 Å². The van der Waals surface area contributed by atoms with Crippen molar-refractivity contribution in [1.29, 1.82) is 0 Å². The zero-order valence-corrected chi connectivity index (χ0v) is 18.9. The van der Waals surface area contributed by atoms with Crippen molar-refractivity contribution in [2.24, 2.45) is 4.99 Å². The molecule has 0 unspecified atom stereocenters. The van der Waals surface area contributed by atoms with Crippen LogP contribution < -0.4 is 4.80 Å². The zero-order valence-electron chi connectivity index (χ0n) is 18.0. The molecule has 6 nitrogen and oxygen atoms in total. The topological polar surface area (TPSA) is 69.9 Å². The second-order valence-electron chi connectivity index (χ2n) is 7.25. The lowest BCUT2D eigenvalue weighted by Crippen LogP contribution is -2.19. The molecule has 0 fully saturated rings. The van der Waals surface area contributed by atoms with Gasteiger partial charge in [0.1, 0.15) is 0 Å². The van der Waals surface area contributed by atoms with Crippen LogP contribution in [0.15, 0.2) is 65.7 Å². The number of methoxy groups -OCH3 is 1. The van der Waals surface area contributed by atoms with Gasteiger partial charge in [-0.3, -0.25) is 4.79 Å². The highest BCUT2D eigenvalue weighted by molar-refractivity contribution is 7.16. The molecule has 0 saturated heterocycles. The summed E-state index contributed by atoms with van der Waals surface area (Å²) < 4.78 is 13.2. The Morgan fingerprint density at radius 2 is 1.88 bits per heavy atom. The summed E-state index contributed by atoms with van der Waals surface area (Å²) >= 11 is 1.38. The number of esters is 1. The molecule has 0 saturated carbocycles. The number of hydrogen-bond acceptors (Lipinski definition) is 5. The second kappa shape index (κ2) is 9.89. The van der Waals surface area contributed by atoms with Crippen LogP contribution in [0.3, 0.4) is 0 Å². The number of ether oxygens (including phenoxy) is 2. The molecule has 0 aliphatic carbocycles. The first kappa shape index (κ1) is 21.9. The smallest absolute Gasteiger partial charge is 0.338 e. The summed E-state index contributed by atoms with van der Waals surface area (Å²) in [6.07, 6.45) is 0.216. The standard InChI is InChI=1S/C25H24N2O4S/c1-3-31-24(29)19-11-12-21-22(15-19)32-25(27(21)13-14-30-2)26-23(28)16-18-9-6-8-17-7-4-5-10-20(17)18/h4-12,15H,3,13-14,16H2,1-2H3. The normalized spacial score (nSPS) is 11.9. The summed E-state index contributed by atoms with van der Waals surface area (Å²) in [7, 11) is 1.64. The van der Waals surface area contributed by atoms with E-state index in [1.807, 2.05) is 53.1 Å². The fourth-order valence-electron chi connectivity index (χ4n) is 3.65. The third-order valence-corrected chi connectivity index (χ3v) is 6.20. The molecular weight excluding hydrogens is 424 g/mol. The van der Waals surface area contributed by atoms with Crippen LogP contribution in [-0.4, -0.2) is 36.8 Å². The molecule has 0 aliphatic rings. The zero-order chi connectivity index (χ0) is 22.5. The van der Waals surface area contributed by atoms with E-state index in [9.17, 15) is 9.59 Å². The minimum Gasteiger partial charge on any atom is -0.462 e. The maximum Gasteiger partial charge on any atom is 0.338 e. The summed E-state index contributed by atoms with van der Waals surface area (Å²) in [6, 6.07) is 19.4. The van der Waals surface area contributed by atoms with E-state index in [1.54, 1.807) is 26.2 Å². The predicted octanol–water partition coefficient (Wildman–Crippen LogP) is 4.35. The van der Waals surface area contributed by atoms with Crippen LogP contribution in [0.25, 0.3) is 21.0 Å². The van der Waals surface area contributed by atoms with E-state index in [4.69, 9.17) is 9.47 Å². The molecule has 0 radical (unpaired) electrons. The molecule has 0 bridgehead atoms. The van der Waals surface area contributed by atoms with Crippen LogP contribution in [0, 0.1) is 0 Å². The number of carbonyl (C=O) groups is 2. The van der Waals surface area contributed by atoms with Crippen molar-refractivity contribution in [2.45, 2.75) is 19.9 Å². The van der Waals surface area contributed by atoms with Crippen LogP contribution in [0.5, 0.6) is 0 Å². The van der Waals surface area contributed by atoms with Crippen molar-refractivity contribution < 1.29 is 19.1 Å². The molecule has 1 aromatic heterocycles. The number of carbonyl (C=O) groups excluding carboxylic acids is 2. The molecule has 4 rings (SSSR count). The summed E-state index contributed by atoms with van der Waals surface area (Å²) in [5.41, 5.74) is 2.33. The van der Waals surface area contributed by atoms with Gasteiger partial charge in [-0.05, 0) is 41.5 Å². The lowest BCUT2D eigenvalue weighted by atomic mass is 10.0. The highest BCUT2D eigenvalue weighted by Crippen LogP contribution is 2.21. The molecule has 0 N–H and O–H groups in total. The van der Waals surface area contributed by atoms with Gasteiger partial charge in [0.25, 0.3) is 5.91 Å². The van der Waals surface area contributed by atoms with Gasteiger partial charge in [-0.2, -0.15) is 4.99 Å². The third kappa shape index (κ3) is 4.64. The first-order valence-corrected chi connectivity index (χ1v) is 11.3. The van der Waals surface area contributed by atoms with Crippen LogP contribution in [0.2, 0.25) is 0 Å². The monoisotopic (exact) mass is 448 g/mol. The SMILES string of the molecule is CCOC(=O)c1ccc2c(c1)sc(=NC(=O)Cc1cccc3ccccc13)n2CCOC. The average molecular weight is 449 g/mol. The number of nitrogens with zero attached hydrogens (tertiary/aromatic N) is 2. The van der Waals surface area contributed by atoms with Gasteiger partial charge in [0, 0.05) is 13.7 Å². The van der Waals surface area contributed by atoms with Gasteiger partial charge in [0.2, 0.25) is 0 Å². The van der Waals surface area contributed by atoms with Crippen molar-refractivity contribution >= 4 is 44.2 Å². The molecule has 7 heteroatoms. The van der Waals surface area contributed by atoms with Gasteiger partial charge in [0.15, 0.2) is 4.80 Å². The Morgan fingerprint density at radius 1 is 1.06 bits per heavy atom. The Hall–Kier alpha value is -3.29. The van der Waals surface area contributed by atoms with Crippen molar-refractivity contribution in [3.8, 4) is 0 Å². The molecule has 1 heterocycles. The molecular formula is C25H24N2O4S. The van der Waals surface area contributed by atoms with Crippen molar-refractivity contribution in [2.75, 3.05) is 20.3 Å². The largest absolute Gasteiger partial charge is 0.462 e. The average Bonchev–Trinajstić information content (AvgIpc) is 3.13. The van der Waals surface area contributed by atoms with E-state index >= 15 is 0 Å². The molecule has 3 aromatic carbocycles. The molecule has 1 amide bonds. The number of thiazole rings is 1. The van der Waals surface area contributed by atoms with Gasteiger partial charge < -0.3 is 14.0 Å². The summed E-state index contributed by atoms with van der Waals surface area (Å²) in [5.74, 6) is -0.582. The Labute approximate surface area is 189 Å². The summed E-state index contributed by atoms with van der Waals surface area (Å²) in [6.45, 7) is 3.13. The van der Waals surface area contributed by atoms with E-state index in [1.165, 1.54) is 11.3 Å². The van der Waals surface area contributed by atoms with Gasteiger partial charge in [-0.1, -0.05) is 53.8 Å². The summed E-state index contributed by atoms with van der Waals surface area (Å²) in [4.78, 5) is 30.0. The van der Waals surface area contributed by atoms with Crippen molar-refractivity contribution in [3.05, 3.63) is 76.6 Å². The molecule has 4 aromatic rings. The molecule has 32 heavy (non-hydrogen) atoms. The number of benzene rings is 3. The Morgan fingerprint density at radius 3 is 2.69 bits per heavy atom. The quantitative estimate of drug-likeness (QED) is 0.394. The highest BCUT2D eigenvalue weighted by Gasteiger charge is 2.13. The van der Waals surface area contributed by atoms with Crippen molar-refractivity contribution in [3.63, 3.8) is 0 Å². The first-order chi connectivity index (χ1) is 15.6. The lowest BCUT2D eigenvalue weighted by molar-refractivity contribution is -0.117. The molecule has 164 valence electrons. The second-order valence-corrected chi connectivity index (χ2v) is 8.26. The van der Waals surface area contributed by atoms with Gasteiger partial charge >= 0.3 is 5.97 Å². The minimum absolute atomic E-state index is 0.216. The van der Waals surface area contributed by atoms with Gasteiger partial charge in [0.05, 0.1) is 35.4 Å². The number of aromatic nitrogens is 1. The highest BCUT2D eigenvalue weighted by atomic mass is 32.1. The Kier molecular flexibility index (Phi) is 6.78. The van der Waals surface area contributed by atoms with Crippen LogP contribution in [-0.2, 0) is 27.2 Å². The number of rotatable bonds is 7. The Bertz CT molecular complexity index is 1350. The molecule has 0 atom stereocenters. The van der Waals surface area contributed by atoms with E-state index in [0.29, 0.717) is 30.1 Å². The molecule has 0 spiro atoms. The maximum atomic E-state index is 12.9. The molecule has 0 aliphatic heterocycles. The van der Waals surface area contributed by atoms with Crippen LogP contribution >= 0.6 is 11.3 Å². The number of amides is 1. The summed E-state index contributed by atoms with van der Waals surface area (Å²) in [5, 5.41) is 2.16. The van der Waals surface area contributed by atoms with E-state index < -0.39 is 0 Å². The fourth-order valence-corrected chi connectivity index (χ4v) is 4.77.